The van der Waals surface area contributed by atoms with Crippen LogP contribution in [0.4, 0.5) is 5.69 Å². The number of nitrogens with one attached hydrogen (secondary N) is 1. The van der Waals surface area contributed by atoms with Crippen LogP contribution >= 0.6 is 23.2 Å². The number of hydrogen-bond donors (Lipinski definition) is 1. The lowest BCUT2D eigenvalue weighted by Crippen LogP contribution is -2.20. The molecule has 0 spiro atoms. The molecule has 0 aliphatic carbocycles. The lowest BCUT2D eigenvalue weighted by molar-refractivity contribution is -0.142. The van der Waals surface area contributed by atoms with Gasteiger partial charge in [0, 0.05) is 39.1 Å². The summed E-state index contributed by atoms with van der Waals surface area (Å²) in [5.74, 6) is 0.0784. The van der Waals surface area contributed by atoms with Gasteiger partial charge in [-0.15, -0.1) is 0 Å². The molecular weight excluding hydrogens is 529 g/mol. The smallest absolute Gasteiger partial charge is 0.331 e. The van der Waals surface area contributed by atoms with E-state index in [4.69, 9.17) is 42.5 Å². The summed E-state index contributed by atoms with van der Waals surface area (Å²) in [4.78, 5) is 24.6. The molecule has 8 nitrogen and oxygen atoms in total. The number of hydrogen-bond acceptors (Lipinski definition) is 6. The van der Waals surface area contributed by atoms with Gasteiger partial charge >= 0.3 is 5.97 Å². The fourth-order valence-electron chi connectivity index (χ4n) is 3.80. The average Bonchev–Trinajstić information content (AvgIpc) is 3.35. The minimum atomic E-state index is -0.690. The lowest BCUT2D eigenvalue weighted by Gasteiger charge is -2.18. The van der Waals surface area contributed by atoms with Gasteiger partial charge < -0.3 is 19.5 Å². The van der Waals surface area contributed by atoms with E-state index in [2.05, 4.69) is 5.32 Å². The highest BCUT2D eigenvalue weighted by atomic mass is 35.5. The van der Waals surface area contributed by atoms with Crippen LogP contribution in [0.25, 0.3) is 23.0 Å². The molecule has 38 heavy (non-hydrogen) atoms. The summed E-state index contributed by atoms with van der Waals surface area (Å²) in [6.07, 6.45) is 4.65. The Morgan fingerprint density at radius 1 is 0.974 bits per heavy atom. The van der Waals surface area contributed by atoms with Crippen LogP contribution in [-0.2, 0) is 14.3 Å². The van der Waals surface area contributed by atoms with Gasteiger partial charge in [0.2, 0.25) is 0 Å². The Morgan fingerprint density at radius 3 is 2.47 bits per heavy atom. The number of para-hydroxylation sites is 1. The zero-order chi connectivity index (χ0) is 26.5. The minimum absolute atomic E-state index is 0.373. The first kappa shape index (κ1) is 25.4. The summed E-state index contributed by atoms with van der Waals surface area (Å²) in [7, 11) is 0. The maximum Gasteiger partial charge on any atom is 0.331 e. The van der Waals surface area contributed by atoms with Crippen molar-refractivity contribution in [2.75, 3.05) is 25.1 Å². The van der Waals surface area contributed by atoms with Gasteiger partial charge in [-0.25, -0.2) is 9.48 Å². The second-order valence-electron chi connectivity index (χ2n) is 8.22. The molecule has 192 valence electrons. The van der Waals surface area contributed by atoms with E-state index < -0.39 is 18.5 Å². The monoisotopic (exact) mass is 549 g/mol. The molecule has 0 saturated heterocycles. The Bertz CT molecular complexity index is 1500. The van der Waals surface area contributed by atoms with Crippen molar-refractivity contribution in [2.24, 2.45) is 0 Å². The van der Waals surface area contributed by atoms with Crippen molar-refractivity contribution in [1.82, 2.24) is 9.78 Å². The van der Waals surface area contributed by atoms with E-state index in [9.17, 15) is 9.59 Å². The molecular formula is C28H21Cl2N3O5. The summed E-state index contributed by atoms with van der Waals surface area (Å²) in [5, 5.41) is 8.07. The summed E-state index contributed by atoms with van der Waals surface area (Å²) in [6.45, 7) is 0.479. The number of carbonyl (C=O) groups excluding carboxylic acids is 2. The Balaban J connectivity index is 1.32. The topological polar surface area (TPSA) is 91.7 Å². The number of amides is 1. The van der Waals surface area contributed by atoms with Crippen molar-refractivity contribution in [2.45, 2.75) is 0 Å². The number of fused-ring (bicyclic) bond motifs is 1. The molecule has 0 radical (unpaired) electrons. The first-order chi connectivity index (χ1) is 18.4. The van der Waals surface area contributed by atoms with Crippen LogP contribution < -0.4 is 14.8 Å². The van der Waals surface area contributed by atoms with E-state index in [1.807, 2.05) is 48.5 Å². The zero-order valence-electron chi connectivity index (χ0n) is 19.9. The molecule has 3 aromatic carbocycles. The highest BCUT2D eigenvalue weighted by molar-refractivity contribution is 6.35. The molecule has 0 fully saturated rings. The van der Waals surface area contributed by atoms with Gasteiger partial charge in [-0.1, -0.05) is 41.4 Å². The van der Waals surface area contributed by atoms with Crippen LogP contribution in [0.3, 0.4) is 0 Å². The normalized spacial score (nSPS) is 12.4. The Labute approximate surface area is 228 Å². The third-order valence-corrected chi connectivity index (χ3v) is 5.91. The SMILES string of the molecule is O=C(COC(=O)C=Cc1cn(-c2ccccc2)nc1-c1ccc2c(c1)OCCO2)Nc1cc(Cl)cc(Cl)c1. The number of ether oxygens (including phenoxy) is 3. The molecule has 10 heteroatoms. The number of rotatable bonds is 7. The molecule has 0 unspecified atom stereocenters. The molecule has 1 aliphatic rings. The van der Waals surface area contributed by atoms with E-state index >= 15 is 0 Å². The molecule has 1 N–H and O–H groups in total. The molecule has 0 saturated carbocycles. The number of anilines is 1. The predicted octanol–water partition coefficient (Wildman–Crippen LogP) is 5.81. The van der Waals surface area contributed by atoms with Gasteiger partial charge in [-0.3, -0.25) is 4.79 Å². The van der Waals surface area contributed by atoms with Crippen molar-refractivity contribution in [3.8, 4) is 28.4 Å². The fraction of sp³-hybridized carbons (Fsp3) is 0.107. The third kappa shape index (κ3) is 6.16. The van der Waals surface area contributed by atoms with Gasteiger partial charge in [0.25, 0.3) is 5.91 Å². The Morgan fingerprint density at radius 2 is 1.71 bits per heavy atom. The predicted molar refractivity (Wildman–Crippen MR) is 145 cm³/mol. The number of nitrogens with zero attached hydrogens (tertiary/aromatic N) is 2. The standard InChI is InChI=1S/C28H21Cl2N3O5/c29-20-13-21(30)15-22(14-20)31-26(34)17-38-27(35)9-7-19-16-33(23-4-2-1-3-5-23)32-28(19)18-6-8-24-25(12-18)37-11-10-36-24/h1-9,12-16H,10-11,17H2,(H,31,34). The van der Waals surface area contributed by atoms with E-state index in [1.165, 1.54) is 18.2 Å². The Kier molecular flexibility index (Phi) is 7.62. The van der Waals surface area contributed by atoms with E-state index in [0.29, 0.717) is 51.7 Å². The van der Waals surface area contributed by atoms with Crippen molar-refractivity contribution >= 4 is 46.8 Å². The summed E-state index contributed by atoms with van der Waals surface area (Å²) >= 11 is 11.9. The molecule has 5 rings (SSSR count). The molecule has 1 amide bonds. The molecule has 2 heterocycles. The Hall–Kier alpha value is -4.27. The quantitative estimate of drug-likeness (QED) is 0.231. The number of carbonyl (C=O) groups is 2. The summed E-state index contributed by atoms with van der Waals surface area (Å²) in [5.41, 5.74) is 3.34. The fourth-order valence-corrected chi connectivity index (χ4v) is 4.33. The highest BCUT2D eigenvalue weighted by Gasteiger charge is 2.17. The van der Waals surface area contributed by atoms with Crippen LogP contribution in [0.15, 0.2) is 79.0 Å². The van der Waals surface area contributed by atoms with Crippen molar-refractivity contribution < 1.29 is 23.8 Å². The first-order valence-corrected chi connectivity index (χ1v) is 12.4. The maximum absolute atomic E-state index is 12.4. The van der Waals surface area contributed by atoms with Crippen LogP contribution in [0.5, 0.6) is 11.5 Å². The van der Waals surface area contributed by atoms with Crippen LogP contribution in [-0.4, -0.2) is 41.5 Å². The largest absolute Gasteiger partial charge is 0.486 e. The zero-order valence-corrected chi connectivity index (χ0v) is 21.4. The second-order valence-corrected chi connectivity index (χ2v) is 9.09. The molecule has 1 aliphatic heterocycles. The van der Waals surface area contributed by atoms with Crippen LogP contribution in [0.1, 0.15) is 5.56 Å². The first-order valence-electron chi connectivity index (χ1n) is 11.6. The average molecular weight is 550 g/mol. The van der Waals surface area contributed by atoms with Gasteiger partial charge in [0.15, 0.2) is 18.1 Å². The summed E-state index contributed by atoms with van der Waals surface area (Å²) < 4.78 is 18.2. The van der Waals surface area contributed by atoms with Crippen molar-refractivity contribution in [1.29, 1.82) is 0 Å². The van der Waals surface area contributed by atoms with Crippen LogP contribution in [0, 0.1) is 0 Å². The number of aromatic nitrogens is 2. The van der Waals surface area contributed by atoms with E-state index in [-0.39, 0.29) is 0 Å². The summed E-state index contributed by atoms with van der Waals surface area (Å²) in [6, 6.07) is 19.8. The maximum atomic E-state index is 12.4. The van der Waals surface area contributed by atoms with Crippen molar-refractivity contribution in [3.05, 3.63) is 94.6 Å². The number of benzene rings is 3. The van der Waals surface area contributed by atoms with Crippen LogP contribution in [0.2, 0.25) is 10.0 Å². The molecule has 0 atom stereocenters. The third-order valence-electron chi connectivity index (χ3n) is 5.47. The van der Waals surface area contributed by atoms with Gasteiger partial charge in [-0.2, -0.15) is 5.10 Å². The number of esters is 1. The molecule has 1 aromatic heterocycles. The van der Waals surface area contributed by atoms with Crippen molar-refractivity contribution in [3.63, 3.8) is 0 Å². The molecule has 4 aromatic rings. The minimum Gasteiger partial charge on any atom is -0.486 e. The highest BCUT2D eigenvalue weighted by Crippen LogP contribution is 2.35. The van der Waals surface area contributed by atoms with Gasteiger partial charge in [0.05, 0.1) is 5.69 Å². The second kappa shape index (κ2) is 11.4. The van der Waals surface area contributed by atoms with Gasteiger partial charge in [-0.05, 0) is 54.6 Å². The van der Waals surface area contributed by atoms with E-state index in [0.717, 1.165) is 11.3 Å². The van der Waals surface area contributed by atoms with E-state index in [1.54, 1.807) is 23.0 Å². The molecule has 0 bridgehead atoms. The lowest BCUT2D eigenvalue weighted by atomic mass is 10.1. The van der Waals surface area contributed by atoms with Gasteiger partial charge in [0.1, 0.15) is 18.9 Å². The number of halogens is 2.